The quantitative estimate of drug-likeness (QED) is 0.120. The molecule has 4 amide bonds. The van der Waals surface area contributed by atoms with E-state index < -0.39 is 72.2 Å². The van der Waals surface area contributed by atoms with E-state index in [1.54, 1.807) is 12.1 Å². The van der Waals surface area contributed by atoms with Crippen molar-refractivity contribution in [1.82, 2.24) is 20.9 Å². The van der Waals surface area contributed by atoms with Gasteiger partial charge in [-0.2, -0.15) is 12.6 Å². The lowest BCUT2D eigenvalue weighted by molar-refractivity contribution is -0.146. The van der Waals surface area contributed by atoms with E-state index in [9.17, 15) is 44.1 Å². The van der Waals surface area contributed by atoms with Crippen LogP contribution < -0.4 is 21.7 Å². The van der Waals surface area contributed by atoms with Gasteiger partial charge in [-0.3, -0.25) is 24.0 Å². The maximum atomic E-state index is 13.6. The number of aromatic hydroxyl groups is 1. The number of nitrogens with zero attached hydrogens (tertiary/aromatic N) is 1. The minimum absolute atomic E-state index is 0.0381. The van der Waals surface area contributed by atoms with E-state index in [0.29, 0.717) is 18.4 Å². The summed E-state index contributed by atoms with van der Waals surface area (Å²) in [7, 11) is 0. The lowest BCUT2D eigenvalue weighted by atomic mass is 9.84. The van der Waals surface area contributed by atoms with Gasteiger partial charge < -0.3 is 41.9 Å². The molecule has 0 radical (unpaired) electrons. The Labute approximate surface area is 266 Å². The number of carboxylic acids is 2. The van der Waals surface area contributed by atoms with Gasteiger partial charge in [0.2, 0.25) is 23.6 Å². The number of hydrogen-bond donors (Lipinski definition) is 8. The molecular weight excluding hydrogens is 606 g/mol. The lowest BCUT2D eigenvalue weighted by Gasteiger charge is -2.31. The first-order valence-corrected chi connectivity index (χ1v) is 15.8. The van der Waals surface area contributed by atoms with Gasteiger partial charge in [0.25, 0.3) is 0 Å². The highest BCUT2D eigenvalue weighted by atomic mass is 32.1. The summed E-state index contributed by atoms with van der Waals surface area (Å²) in [5, 5.41) is 35.9. The first kappa shape index (κ1) is 35.6. The number of likely N-dealkylation sites (tertiary alicyclic amines) is 1. The third-order valence-electron chi connectivity index (χ3n) is 8.28. The minimum Gasteiger partial charge on any atom is -0.508 e. The second-order valence-corrected chi connectivity index (χ2v) is 12.1. The molecule has 0 aromatic heterocycles. The van der Waals surface area contributed by atoms with E-state index in [1.807, 2.05) is 0 Å². The molecule has 0 spiro atoms. The number of carbonyl (C=O) groups excluding carboxylic acids is 4. The third-order valence-corrected chi connectivity index (χ3v) is 8.65. The van der Waals surface area contributed by atoms with Crippen molar-refractivity contribution in [2.24, 2.45) is 11.7 Å². The molecule has 1 aliphatic carbocycles. The van der Waals surface area contributed by atoms with Gasteiger partial charge in [0, 0.05) is 12.3 Å². The molecule has 1 aromatic rings. The number of thiol groups is 1. The fourth-order valence-electron chi connectivity index (χ4n) is 5.85. The van der Waals surface area contributed by atoms with Gasteiger partial charge in [0.1, 0.15) is 29.9 Å². The number of nitrogens with one attached hydrogen (secondary N) is 3. The van der Waals surface area contributed by atoms with Crippen molar-refractivity contribution in [3.05, 3.63) is 29.8 Å². The standard InChI is InChI=1S/C30H43N5O9S/c31-20(13-18-8-10-19(36)11-9-18)26(39)33-22(15-25(37)38)29(42)35-12-4-7-24(35)28(41)32-21(14-17-5-2-1-3-6-17)27(40)34-23(16-45)30(43)44/h8-11,17,20-24,36,45H,1-7,12-16,31H2,(H,32,41)(H,33,39)(H,34,40)(H,37,38)(H,43,44)/t20-,21-,22-,23-,24-/m0/s1. The van der Waals surface area contributed by atoms with Crippen LogP contribution in [0.2, 0.25) is 0 Å². The predicted octanol–water partition coefficient (Wildman–Crippen LogP) is 0.167. The molecule has 14 nitrogen and oxygen atoms in total. The molecule has 45 heavy (non-hydrogen) atoms. The lowest BCUT2D eigenvalue weighted by Crippen LogP contribution is -2.58. The van der Waals surface area contributed by atoms with Crippen molar-refractivity contribution in [2.75, 3.05) is 12.3 Å². The van der Waals surface area contributed by atoms with Crippen molar-refractivity contribution in [2.45, 2.75) is 94.4 Å². The van der Waals surface area contributed by atoms with Crippen LogP contribution in [0.15, 0.2) is 24.3 Å². The number of benzene rings is 1. The van der Waals surface area contributed by atoms with Crippen molar-refractivity contribution >= 4 is 48.2 Å². The maximum Gasteiger partial charge on any atom is 0.327 e. The summed E-state index contributed by atoms with van der Waals surface area (Å²) in [4.78, 5) is 77.6. The topological polar surface area (TPSA) is 228 Å². The average Bonchev–Trinajstić information content (AvgIpc) is 3.50. The highest BCUT2D eigenvalue weighted by molar-refractivity contribution is 7.80. The predicted molar refractivity (Wildman–Crippen MR) is 165 cm³/mol. The number of amides is 4. The number of hydrogen-bond acceptors (Lipinski definition) is 9. The molecule has 0 unspecified atom stereocenters. The Morgan fingerprint density at radius 1 is 0.867 bits per heavy atom. The van der Waals surface area contributed by atoms with E-state index in [2.05, 4.69) is 28.6 Å². The van der Waals surface area contributed by atoms with Crippen LogP contribution in [0.1, 0.15) is 63.4 Å². The van der Waals surface area contributed by atoms with E-state index in [4.69, 9.17) is 5.73 Å². The fourth-order valence-corrected chi connectivity index (χ4v) is 6.10. The van der Waals surface area contributed by atoms with E-state index in [-0.39, 0.29) is 36.8 Å². The van der Waals surface area contributed by atoms with Crippen molar-refractivity contribution < 1.29 is 44.1 Å². The Kier molecular flexibility index (Phi) is 13.5. The van der Waals surface area contributed by atoms with Gasteiger partial charge in [-0.05, 0) is 49.3 Å². The SMILES string of the molecule is N[C@@H](Cc1ccc(O)cc1)C(=O)N[C@@H](CC(=O)O)C(=O)N1CCC[C@H]1C(=O)N[C@@H](CC1CCCCC1)C(=O)N[C@@H](CS)C(=O)O. The summed E-state index contributed by atoms with van der Waals surface area (Å²) in [5.74, 6) is -5.38. The van der Waals surface area contributed by atoms with E-state index in [0.717, 1.165) is 32.1 Å². The molecule has 1 saturated heterocycles. The van der Waals surface area contributed by atoms with Crippen LogP contribution >= 0.6 is 12.6 Å². The Morgan fingerprint density at radius 3 is 2.11 bits per heavy atom. The van der Waals surface area contributed by atoms with Gasteiger partial charge in [-0.1, -0.05) is 44.2 Å². The smallest absolute Gasteiger partial charge is 0.327 e. The molecule has 1 aliphatic heterocycles. The summed E-state index contributed by atoms with van der Waals surface area (Å²) in [6, 6.07) is 0.0786. The summed E-state index contributed by atoms with van der Waals surface area (Å²) in [6.45, 7) is 0.128. The Bertz CT molecular complexity index is 1220. The Balaban J connectivity index is 1.72. The maximum absolute atomic E-state index is 13.6. The number of aliphatic carboxylic acids is 2. The molecule has 15 heteroatoms. The monoisotopic (exact) mass is 649 g/mol. The molecule has 1 aromatic carbocycles. The summed E-state index contributed by atoms with van der Waals surface area (Å²) < 4.78 is 0. The Hall–Kier alpha value is -3.85. The van der Waals surface area contributed by atoms with Crippen molar-refractivity contribution in [3.63, 3.8) is 0 Å². The van der Waals surface area contributed by atoms with Crippen LogP contribution in [0, 0.1) is 5.92 Å². The molecular formula is C30H43N5O9S. The van der Waals surface area contributed by atoms with Gasteiger partial charge >= 0.3 is 11.9 Å². The van der Waals surface area contributed by atoms with Gasteiger partial charge in [-0.25, -0.2) is 4.79 Å². The molecule has 248 valence electrons. The highest BCUT2D eigenvalue weighted by Crippen LogP contribution is 2.28. The molecule has 1 saturated carbocycles. The number of carbonyl (C=O) groups is 6. The van der Waals surface area contributed by atoms with Gasteiger partial charge in [0.15, 0.2) is 0 Å². The third kappa shape index (κ3) is 10.6. The molecule has 2 fully saturated rings. The van der Waals surface area contributed by atoms with E-state index in [1.165, 1.54) is 17.0 Å². The second-order valence-electron chi connectivity index (χ2n) is 11.7. The second kappa shape index (κ2) is 17.0. The van der Waals surface area contributed by atoms with Crippen molar-refractivity contribution in [3.8, 4) is 5.75 Å². The summed E-state index contributed by atoms with van der Waals surface area (Å²) in [6.07, 6.45) is 5.09. The molecule has 0 bridgehead atoms. The van der Waals surface area contributed by atoms with Crippen LogP contribution in [0.4, 0.5) is 0 Å². The summed E-state index contributed by atoms with van der Waals surface area (Å²) in [5.41, 5.74) is 6.67. The number of rotatable bonds is 15. The van der Waals surface area contributed by atoms with Gasteiger partial charge in [0.05, 0.1) is 12.5 Å². The van der Waals surface area contributed by atoms with Crippen LogP contribution in [-0.4, -0.2) is 98.3 Å². The zero-order valence-corrected chi connectivity index (χ0v) is 25.9. The highest BCUT2D eigenvalue weighted by Gasteiger charge is 2.40. The number of phenolic OH excluding ortho intramolecular Hbond substituents is 1. The number of carboxylic acid groups (broad SMARTS) is 2. The van der Waals surface area contributed by atoms with Crippen LogP contribution in [-0.2, 0) is 35.2 Å². The number of nitrogens with two attached hydrogens (primary N) is 1. The zero-order valence-electron chi connectivity index (χ0n) is 25.0. The first-order chi connectivity index (χ1) is 21.4. The molecule has 3 rings (SSSR count). The Morgan fingerprint density at radius 2 is 1.51 bits per heavy atom. The normalized spacial score (nSPS) is 19.5. The molecule has 2 aliphatic rings. The van der Waals surface area contributed by atoms with Crippen LogP contribution in [0.3, 0.4) is 0 Å². The first-order valence-electron chi connectivity index (χ1n) is 15.2. The fraction of sp³-hybridized carbons (Fsp3) is 0.600. The molecule has 1 heterocycles. The van der Waals surface area contributed by atoms with Crippen LogP contribution in [0.5, 0.6) is 5.75 Å². The van der Waals surface area contributed by atoms with Gasteiger partial charge in [-0.15, -0.1) is 0 Å². The largest absolute Gasteiger partial charge is 0.508 e. The number of phenols is 1. The average molecular weight is 650 g/mol. The summed E-state index contributed by atoms with van der Waals surface area (Å²) >= 11 is 4.00. The van der Waals surface area contributed by atoms with Crippen molar-refractivity contribution in [1.29, 1.82) is 0 Å². The minimum atomic E-state index is -1.50. The molecule has 8 N–H and O–H groups in total. The van der Waals surface area contributed by atoms with E-state index >= 15 is 0 Å². The zero-order chi connectivity index (χ0) is 33.1. The molecule has 5 atom stereocenters. The van der Waals surface area contributed by atoms with Crippen LogP contribution in [0.25, 0.3) is 0 Å².